The Morgan fingerprint density at radius 2 is 2.22 bits per heavy atom. The molecule has 1 unspecified atom stereocenters. The second-order valence-electron chi connectivity index (χ2n) is 5.87. The minimum Gasteiger partial charge on any atom is -0.376 e. The number of hydrogen-bond acceptors (Lipinski definition) is 3. The molecule has 18 heavy (non-hydrogen) atoms. The van der Waals surface area contributed by atoms with Gasteiger partial charge in [0, 0.05) is 31.7 Å². The summed E-state index contributed by atoms with van der Waals surface area (Å²) in [4.78, 5) is 14.2. The number of rotatable bonds is 5. The van der Waals surface area contributed by atoms with Gasteiger partial charge in [0.1, 0.15) is 0 Å². The maximum Gasteiger partial charge on any atom is 0.224 e. The molecule has 2 N–H and O–H groups in total. The van der Waals surface area contributed by atoms with Gasteiger partial charge in [-0.3, -0.25) is 4.79 Å². The van der Waals surface area contributed by atoms with Gasteiger partial charge < -0.3 is 15.4 Å². The summed E-state index contributed by atoms with van der Waals surface area (Å²) in [5.74, 6) is 0.224. The average Bonchev–Trinajstić information content (AvgIpc) is 2.34. The molecule has 1 atom stereocenters. The average molecular weight is 254 g/mol. The summed E-state index contributed by atoms with van der Waals surface area (Å²) in [6, 6.07) is 0. The second kappa shape index (κ2) is 6.02. The SMILES string of the molecule is CCCOC1CCCN(C(=O)CC2(N)CCC2)C1. The smallest absolute Gasteiger partial charge is 0.224 e. The molecule has 2 fully saturated rings. The molecule has 1 saturated carbocycles. The highest BCUT2D eigenvalue weighted by atomic mass is 16.5. The molecule has 1 aliphatic heterocycles. The van der Waals surface area contributed by atoms with Gasteiger partial charge in [0.2, 0.25) is 5.91 Å². The number of nitrogens with two attached hydrogens (primary N) is 1. The third-order valence-corrected chi connectivity index (χ3v) is 4.14. The zero-order valence-electron chi connectivity index (χ0n) is 11.5. The highest BCUT2D eigenvalue weighted by Crippen LogP contribution is 2.33. The van der Waals surface area contributed by atoms with E-state index in [9.17, 15) is 4.79 Å². The lowest BCUT2D eigenvalue weighted by Crippen LogP contribution is -2.52. The van der Waals surface area contributed by atoms with Crippen molar-refractivity contribution in [2.45, 2.75) is 63.5 Å². The van der Waals surface area contributed by atoms with E-state index in [1.807, 2.05) is 4.90 Å². The lowest BCUT2D eigenvalue weighted by Gasteiger charge is -2.40. The van der Waals surface area contributed by atoms with Crippen molar-refractivity contribution in [1.29, 1.82) is 0 Å². The van der Waals surface area contributed by atoms with Crippen LogP contribution in [0.25, 0.3) is 0 Å². The first-order valence-corrected chi connectivity index (χ1v) is 7.31. The summed E-state index contributed by atoms with van der Waals surface area (Å²) in [6.45, 7) is 4.55. The summed E-state index contributed by atoms with van der Waals surface area (Å²) in [7, 11) is 0. The molecule has 0 bridgehead atoms. The van der Waals surface area contributed by atoms with E-state index in [2.05, 4.69) is 6.92 Å². The number of carbonyl (C=O) groups is 1. The van der Waals surface area contributed by atoms with E-state index in [1.54, 1.807) is 0 Å². The van der Waals surface area contributed by atoms with Gasteiger partial charge in [-0.1, -0.05) is 6.92 Å². The summed E-state index contributed by atoms with van der Waals surface area (Å²) >= 11 is 0. The minimum atomic E-state index is -0.200. The fraction of sp³-hybridized carbons (Fsp3) is 0.929. The van der Waals surface area contributed by atoms with Crippen LogP contribution in [0.15, 0.2) is 0 Å². The molecular weight excluding hydrogens is 228 g/mol. The van der Waals surface area contributed by atoms with E-state index in [0.717, 1.165) is 51.8 Å². The van der Waals surface area contributed by atoms with Gasteiger partial charge in [0.15, 0.2) is 0 Å². The summed E-state index contributed by atoms with van der Waals surface area (Å²) in [6.07, 6.45) is 7.10. The van der Waals surface area contributed by atoms with Crippen LogP contribution in [0.3, 0.4) is 0 Å². The first-order valence-electron chi connectivity index (χ1n) is 7.31. The summed E-state index contributed by atoms with van der Waals surface area (Å²) in [5.41, 5.74) is 5.95. The van der Waals surface area contributed by atoms with Crippen molar-refractivity contribution in [3.63, 3.8) is 0 Å². The van der Waals surface area contributed by atoms with Crippen LogP contribution in [0.2, 0.25) is 0 Å². The Balaban J connectivity index is 1.78. The van der Waals surface area contributed by atoms with E-state index in [4.69, 9.17) is 10.5 Å². The lowest BCUT2D eigenvalue weighted by molar-refractivity contribution is -0.137. The topological polar surface area (TPSA) is 55.6 Å². The monoisotopic (exact) mass is 254 g/mol. The van der Waals surface area contributed by atoms with Gasteiger partial charge in [-0.25, -0.2) is 0 Å². The number of likely N-dealkylation sites (tertiary alicyclic amines) is 1. The molecule has 0 aromatic heterocycles. The van der Waals surface area contributed by atoms with Crippen LogP contribution >= 0.6 is 0 Å². The number of piperidine rings is 1. The summed E-state index contributed by atoms with van der Waals surface area (Å²) in [5, 5.41) is 0. The molecule has 0 radical (unpaired) electrons. The first kappa shape index (κ1) is 13.8. The zero-order chi connectivity index (χ0) is 13.0. The molecule has 4 heteroatoms. The van der Waals surface area contributed by atoms with Crippen LogP contribution in [-0.2, 0) is 9.53 Å². The maximum absolute atomic E-state index is 12.2. The van der Waals surface area contributed by atoms with Crippen molar-refractivity contribution in [3.05, 3.63) is 0 Å². The van der Waals surface area contributed by atoms with E-state index >= 15 is 0 Å². The molecule has 1 aliphatic carbocycles. The molecule has 1 saturated heterocycles. The minimum absolute atomic E-state index is 0.200. The highest BCUT2D eigenvalue weighted by Gasteiger charge is 2.36. The Morgan fingerprint density at radius 3 is 2.83 bits per heavy atom. The van der Waals surface area contributed by atoms with Gasteiger partial charge in [-0.15, -0.1) is 0 Å². The highest BCUT2D eigenvalue weighted by molar-refractivity contribution is 5.77. The summed E-state index contributed by atoms with van der Waals surface area (Å²) < 4.78 is 5.76. The predicted octanol–water partition coefficient (Wildman–Crippen LogP) is 1.68. The Bertz CT molecular complexity index is 290. The van der Waals surface area contributed by atoms with Gasteiger partial charge in [-0.05, 0) is 38.5 Å². The van der Waals surface area contributed by atoms with E-state index in [0.29, 0.717) is 6.42 Å². The number of ether oxygens (including phenoxy) is 1. The molecule has 2 aliphatic rings. The quantitative estimate of drug-likeness (QED) is 0.812. The molecule has 2 rings (SSSR count). The fourth-order valence-electron chi connectivity index (χ4n) is 2.81. The number of hydrogen-bond donors (Lipinski definition) is 1. The van der Waals surface area contributed by atoms with Crippen LogP contribution < -0.4 is 5.73 Å². The van der Waals surface area contributed by atoms with Crippen molar-refractivity contribution in [1.82, 2.24) is 4.90 Å². The lowest BCUT2D eigenvalue weighted by atomic mass is 9.75. The molecule has 0 aromatic carbocycles. The van der Waals surface area contributed by atoms with E-state index in [1.165, 1.54) is 6.42 Å². The van der Waals surface area contributed by atoms with Gasteiger partial charge in [-0.2, -0.15) is 0 Å². The number of carbonyl (C=O) groups excluding carboxylic acids is 1. The number of nitrogens with zero attached hydrogens (tertiary/aromatic N) is 1. The Labute approximate surface area is 110 Å². The predicted molar refractivity (Wildman–Crippen MR) is 71.2 cm³/mol. The van der Waals surface area contributed by atoms with Gasteiger partial charge in [0.05, 0.1) is 6.10 Å². The third-order valence-electron chi connectivity index (χ3n) is 4.14. The van der Waals surface area contributed by atoms with Crippen LogP contribution in [0.1, 0.15) is 51.9 Å². The standard InChI is InChI=1S/C14H26N2O2/c1-2-9-18-12-5-3-8-16(11-12)13(17)10-14(15)6-4-7-14/h12H,2-11,15H2,1H3. The zero-order valence-corrected chi connectivity index (χ0v) is 11.5. The first-order chi connectivity index (χ1) is 8.63. The molecule has 0 aromatic rings. The van der Waals surface area contributed by atoms with Crippen molar-refractivity contribution < 1.29 is 9.53 Å². The van der Waals surface area contributed by atoms with Gasteiger partial charge >= 0.3 is 0 Å². The molecular formula is C14H26N2O2. The molecule has 4 nitrogen and oxygen atoms in total. The second-order valence-corrected chi connectivity index (χ2v) is 5.87. The van der Waals surface area contributed by atoms with Crippen LogP contribution in [0.5, 0.6) is 0 Å². The molecule has 1 heterocycles. The maximum atomic E-state index is 12.2. The van der Waals surface area contributed by atoms with Crippen molar-refractivity contribution >= 4 is 5.91 Å². The Hall–Kier alpha value is -0.610. The number of amides is 1. The van der Waals surface area contributed by atoms with Crippen LogP contribution in [0, 0.1) is 0 Å². The van der Waals surface area contributed by atoms with E-state index in [-0.39, 0.29) is 17.6 Å². The Morgan fingerprint density at radius 1 is 1.44 bits per heavy atom. The third kappa shape index (κ3) is 3.45. The largest absolute Gasteiger partial charge is 0.376 e. The molecule has 1 amide bonds. The molecule has 0 spiro atoms. The van der Waals surface area contributed by atoms with Crippen LogP contribution in [0.4, 0.5) is 0 Å². The van der Waals surface area contributed by atoms with Crippen molar-refractivity contribution in [3.8, 4) is 0 Å². The van der Waals surface area contributed by atoms with Crippen molar-refractivity contribution in [2.24, 2.45) is 5.73 Å². The fourth-order valence-corrected chi connectivity index (χ4v) is 2.81. The Kier molecular flexibility index (Phi) is 4.62. The van der Waals surface area contributed by atoms with E-state index < -0.39 is 0 Å². The van der Waals surface area contributed by atoms with Gasteiger partial charge in [0.25, 0.3) is 0 Å². The van der Waals surface area contributed by atoms with Crippen molar-refractivity contribution in [2.75, 3.05) is 19.7 Å². The normalized spacial score (nSPS) is 26.8. The van der Waals surface area contributed by atoms with Crippen LogP contribution in [-0.4, -0.2) is 42.1 Å². The molecule has 104 valence electrons.